The number of aliphatic hydroxyl groups excluding tert-OH is 1. The van der Waals surface area contributed by atoms with Crippen LogP contribution in [0.4, 0.5) is 5.95 Å². The maximum absolute atomic E-state index is 15.9. The summed E-state index contributed by atoms with van der Waals surface area (Å²) in [6.07, 6.45) is -2.80. The monoisotopic (exact) mass is 1170 g/mol. The van der Waals surface area contributed by atoms with Crippen molar-refractivity contribution in [3.8, 4) is 6.07 Å². The Morgan fingerprint density at radius 1 is 0.795 bits per heavy atom. The highest BCUT2D eigenvalue weighted by Gasteiger charge is 2.55. The summed E-state index contributed by atoms with van der Waals surface area (Å²) in [6.45, 7) is 17.7. The van der Waals surface area contributed by atoms with E-state index in [1.54, 1.807) is 32.3 Å². The van der Waals surface area contributed by atoms with Gasteiger partial charge in [-0.1, -0.05) is 146 Å². The van der Waals surface area contributed by atoms with Crippen molar-refractivity contribution < 1.29 is 42.2 Å². The number of hydrogen-bond donors (Lipinski definition) is 6. The van der Waals surface area contributed by atoms with Crippen LogP contribution in [-0.4, -0.2) is 114 Å². The highest BCUT2D eigenvalue weighted by atomic mass is 31.2. The van der Waals surface area contributed by atoms with Gasteiger partial charge in [0, 0.05) is 23.8 Å². The number of rotatable bonds is 23. The molecule has 83 heavy (non-hydrogen) atoms. The quantitative estimate of drug-likeness (QED) is 0.0157. The summed E-state index contributed by atoms with van der Waals surface area (Å²) in [4.78, 5) is 76.5. The van der Waals surface area contributed by atoms with Gasteiger partial charge in [0.05, 0.1) is 69.1 Å². The molecule has 440 valence electrons. The summed E-state index contributed by atoms with van der Waals surface area (Å²) in [5.74, 6) is -1.72. The number of benzene rings is 3. The fraction of sp³-hybridized carbons (Fsp3) is 0.466. The van der Waals surface area contributed by atoms with E-state index in [2.05, 4.69) is 40.6 Å². The Morgan fingerprint density at radius 2 is 1.34 bits per heavy atom. The lowest BCUT2D eigenvalue weighted by atomic mass is 9.75. The van der Waals surface area contributed by atoms with Crippen LogP contribution in [0.15, 0.2) is 113 Å². The van der Waals surface area contributed by atoms with Crippen LogP contribution < -0.4 is 26.8 Å². The molecule has 25 heteroatoms. The van der Waals surface area contributed by atoms with Gasteiger partial charge in [0.15, 0.2) is 36.9 Å². The summed E-state index contributed by atoms with van der Waals surface area (Å²) in [5.41, 5.74) is 0.626. The molecule has 1 amide bonds. The van der Waals surface area contributed by atoms with Gasteiger partial charge in [-0.25, -0.2) is 24.6 Å². The Bertz CT molecular complexity index is 3540. The number of aromatic amines is 2. The van der Waals surface area contributed by atoms with Crippen LogP contribution in [0.3, 0.4) is 0 Å². The van der Waals surface area contributed by atoms with E-state index in [9.17, 15) is 29.5 Å². The lowest BCUT2D eigenvalue weighted by Crippen LogP contribution is -2.55. The number of ketones is 1. The highest BCUT2D eigenvalue weighted by Crippen LogP contribution is 2.51. The third-order valence-corrected chi connectivity index (χ3v) is 22.0. The Balaban J connectivity index is 1.14. The van der Waals surface area contributed by atoms with Crippen molar-refractivity contribution >= 4 is 56.0 Å². The lowest BCUT2D eigenvalue weighted by molar-refractivity contribution is -0.121. The van der Waals surface area contributed by atoms with Crippen LogP contribution in [0, 0.1) is 29.1 Å². The molecule has 2 aliphatic rings. The van der Waals surface area contributed by atoms with Gasteiger partial charge in [0.2, 0.25) is 11.9 Å². The molecule has 2 saturated heterocycles. The van der Waals surface area contributed by atoms with Crippen LogP contribution in [0.2, 0.25) is 18.1 Å². The molecule has 1 unspecified atom stereocenters. The molecule has 6 N–H and O–H groups in total. The predicted molar refractivity (Wildman–Crippen MR) is 312 cm³/mol. The van der Waals surface area contributed by atoms with E-state index in [1.807, 2.05) is 138 Å². The molecule has 0 aliphatic carbocycles. The molecule has 2 fully saturated rings. The van der Waals surface area contributed by atoms with Gasteiger partial charge >= 0.3 is 7.75 Å². The van der Waals surface area contributed by atoms with Crippen LogP contribution in [0.5, 0.6) is 0 Å². The average molecular weight is 1170 g/mol. The Labute approximate surface area is 481 Å². The molecule has 2 aliphatic heterocycles. The molecule has 0 radical (unpaired) electrons. The molecule has 3 aromatic carbocycles. The molecule has 7 aromatic rings. The van der Waals surface area contributed by atoms with Crippen molar-refractivity contribution in [1.29, 1.82) is 5.26 Å². The van der Waals surface area contributed by atoms with Crippen molar-refractivity contribution in [3.05, 3.63) is 147 Å². The number of fused-ring (bicyclic) bond motifs is 2. The molecule has 23 nitrogen and oxygen atoms in total. The second-order valence-corrected chi connectivity index (χ2v) is 29.8. The molecule has 9 rings (SSSR count). The van der Waals surface area contributed by atoms with E-state index in [0.29, 0.717) is 0 Å². The molecule has 4 aromatic heterocycles. The fourth-order valence-corrected chi connectivity index (χ4v) is 13.2. The van der Waals surface area contributed by atoms with E-state index in [4.69, 9.17) is 27.9 Å². The number of anilines is 1. The molecular formula is C58H73N12O11PSi. The highest BCUT2D eigenvalue weighted by molar-refractivity contribution is 7.51. The van der Waals surface area contributed by atoms with Crippen LogP contribution >= 0.6 is 7.75 Å². The number of nitrogens with one attached hydrogen (secondary N) is 5. The number of amides is 1. The van der Waals surface area contributed by atoms with Crippen LogP contribution in [0.1, 0.15) is 96.8 Å². The first-order valence-corrected chi connectivity index (χ1v) is 32.3. The minimum atomic E-state index is -4.68. The summed E-state index contributed by atoms with van der Waals surface area (Å²) in [5, 5.41) is 30.4. The number of imidazole rings is 2. The summed E-state index contributed by atoms with van der Waals surface area (Å²) in [7, 11) is -7.53. The summed E-state index contributed by atoms with van der Waals surface area (Å²) in [6, 6.07) is 30.0. The van der Waals surface area contributed by atoms with Crippen molar-refractivity contribution in [2.75, 3.05) is 25.1 Å². The number of aliphatic hydroxyl groups is 1. The van der Waals surface area contributed by atoms with Crippen LogP contribution in [-0.2, 0) is 49.1 Å². The third-order valence-electron chi connectivity index (χ3n) is 15.9. The minimum Gasteiger partial charge on any atom is -0.408 e. The number of carbonyl (C=O) groups excluding carboxylic acids is 2. The molecule has 0 bridgehead atoms. The standard InChI is InChI=1S/C58H73N12O11PSi/c1-34(2)40(72)29-43-62-49-46(52(74)63-43)60-32-69(49)54-36(5)44(67-58(37-21-14-11-15-22-37,38-23-16-12-17-24-38)39-25-18-13-19-26-39)42(80-54)31-78-82(76,77-28-20-27-59)68-45-41(30-71)79-55(48(45)81-83(9,10)57(6,7)8)70-33-61-47-50(70)64-56(66-53(47)75)65-51(73)35(3)4/h11-19,21-26,32-36,41-42,44-45,48,54-55,67,71H,20,28-31H2,1-10H3,(H,68,76)(H,62,63,74)(H2,64,65,66,73,75)/t36-,41-,42-,44+,45-,48-,54-,55-,82?/m1/s1. The second-order valence-electron chi connectivity index (χ2n) is 23.2. The van der Waals surface area contributed by atoms with Crippen molar-refractivity contribution in [3.63, 3.8) is 0 Å². The van der Waals surface area contributed by atoms with Gasteiger partial charge in [-0.2, -0.15) is 10.2 Å². The molecule has 0 saturated carbocycles. The minimum absolute atomic E-state index is 0.0344. The first kappa shape index (κ1) is 60.7. The first-order chi connectivity index (χ1) is 39.5. The van der Waals surface area contributed by atoms with Gasteiger partial charge in [-0.05, 0) is 34.8 Å². The third kappa shape index (κ3) is 12.5. The molecule has 0 spiro atoms. The summed E-state index contributed by atoms with van der Waals surface area (Å²) >= 11 is 0. The number of nitriles is 1. The van der Waals surface area contributed by atoms with Crippen LogP contribution in [0.25, 0.3) is 22.3 Å². The second kappa shape index (κ2) is 24.8. The molecule has 9 atom stereocenters. The lowest BCUT2D eigenvalue weighted by Gasteiger charge is -2.41. The number of aromatic nitrogens is 8. The largest absolute Gasteiger partial charge is 0.408 e. The normalized spacial score (nSPS) is 22.1. The fourth-order valence-electron chi connectivity index (χ4n) is 10.3. The zero-order chi connectivity index (χ0) is 59.6. The van der Waals surface area contributed by atoms with Crippen molar-refractivity contribution in [1.82, 2.24) is 49.4 Å². The number of Topliss-reactive ketones (excluding diaryl/α,β-unsaturated/α-hetero) is 1. The Kier molecular flexibility index (Phi) is 18.1. The van der Waals surface area contributed by atoms with Gasteiger partial charge in [0.1, 0.15) is 30.0 Å². The van der Waals surface area contributed by atoms with E-state index < -0.39 is 112 Å². The number of hydrogen-bond acceptors (Lipinski definition) is 17. The van der Waals surface area contributed by atoms with E-state index in [-0.39, 0.29) is 65.3 Å². The van der Waals surface area contributed by atoms with Gasteiger partial charge in [-0.3, -0.25) is 53.0 Å². The number of H-pyrrole nitrogens is 2. The molecular weight excluding hydrogens is 1100 g/mol. The number of nitrogens with zero attached hydrogens (tertiary/aromatic N) is 7. The van der Waals surface area contributed by atoms with E-state index in [0.717, 1.165) is 16.7 Å². The van der Waals surface area contributed by atoms with E-state index in [1.165, 1.54) is 17.2 Å². The smallest absolute Gasteiger partial charge is 0.406 e. The van der Waals surface area contributed by atoms with E-state index >= 15 is 4.57 Å². The maximum Gasteiger partial charge on any atom is 0.406 e. The maximum atomic E-state index is 15.9. The topological polar surface area (TPSA) is 305 Å². The SMILES string of the molecule is CC(C)C(=O)Cc1nc2c(ncn2[C@@H]2O[C@H](COP(=O)(N[C@H]3[C@@H](O[Si](C)(C)C(C)(C)C)[C@H](n4cnc5c(=O)[nH]c(NC(=O)C(C)C)nc54)O[C@@H]3CO)OCCC#N)[C@@H](NC(c3ccccc3)(c3ccccc3)c3ccccc3)[C@H]2C)c(=O)[nH]1. The van der Waals surface area contributed by atoms with Gasteiger partial charge in [-0.15, -0.1) is 0 Å². The van der Waals surface area contributed by atoms with Crippen molar-refractivity contribution in [2.24, 2.45) is 17.8 Å². The van der Waals surface area contributed by atoms with Gasteiger partial charge < -0.3 is 24.0 Å². The zero-order valence-corrected chi connectivity index (χ0v) is 50.1. The Hall–Kier alpha value is -6.88. The predicted octanol–water partition coefficient (Wildman–Crippen LogP) is 7.39. The number of carbonyl (C=O) groups is 2. The number of ether oxygens (including phenoxy) is 2. The summed E-state index contributed by atoms with van der Waals surface area (Å²) < 4.78 is 52.8. The first-order valence-electron chi connectivity index (χ1n) is 27.8. The van der Waals surface area contributed by atoms with Gasteiger partial charge in [0.25, 0.3) is 11.1 Å². The Morgan fingerprint density at radius 3 is 1.87 bits per heavy atom. The zero-order valence-electron chi connectivity index (χ0n) is 48.2. The average Bonchev–Trinajstić information content (AvgIpc) is 2.58. The molecule has 6 heterocycles. The van der Waals surface area contributed by atoms with Crippen molar-refractivity contribution in [2.45, 2.75) is 135 Å².